The fraction of sp³-hybridized carbons (Fsp3) is 0.833. The highest BCUT2D eigenvalue weighted by Gasteiger charge is 2.39. The highest BCUT2D eigenvalue weighted by molar-refractivity contribution is 5.74. The van der Waals surface area contributed by atoms with Crippen LogP contribution in [0.4, 0.5) is 18.0 Å². The highest BCUT2D eigenvalue weighted by atomic mass is 19.4. The molecule has 0 saturated heterocycles. The predicted molar refractivity (Wildman–Crippen MR) is 65.2 cm³/mol. The number of amides is 2. The van der Waals surface area contributed by atoms with Gasteiger partial charge in [0.2, 0.25) is 0 Å². The van der Waals surface area contributed by atoms with Crippen molar-refractivity contribution in [3.63, 3.8) is 0 Å². The van der Waals surface area contributed by atoms with Crippen LogP contribution in [-0.2, 0) is 4.79 Å². The van der Waals surface area contributed by atoms with E-state index >= 15 is 0 Å². The summed E-state index contributed by atoms with van der Waals surface area (Å²) in [5, 5.41) is 11.3. The predicted octanol–water partition coefficient (Wildman–Crippen LogP) is 2.23. The third kappa shape index (κ3) is 5.26. The number of nitrogens with zero attached hydrogens (tertiary/aromatic N) is 1. The van der Waals surface area contributed by atoms with E-state index in [4.69, 9.17) is 5.11 Å². The Balaban J connectivity index is 2.36. The quantitative estimate of drug-likeness (QED) is 0.789. The first-order chi connectivity index (χ1) is 9.14. The van der Waals surface area contributed by atoms with Gasteiger partial charge < -0.3 is 15.3 Å². The number of hydrogen-bond acceptors (Lipinski definition) is 2. The smallest absolute Gasteiger partial charge is 0.390 e. The average Bonchev–Trinajstić information content (AvgIpc) is 2.27. The molecule has 0 aromatic carbocycles. The minimum absolute atomic E-state index is 0.0282. The summed E-state index contributed by atoms with van der Waals surface area (Å²) < 4.78 is 36.1. The normalized spacial score (nSPS) is 17.2. The molecule has 1 rings (SSSR count). The summed E-state index contributed by atoms with van der Waals surface area (Å²) in [6.45, 7) is -0.226. The summed E-state index contributed by atoms with van der Waals surface area (Å²) in [4.78, 5) is 23.3. The van der Waals surface area contributed by atoms with Crippen LogP contribution >= 0.6 is 0 Å². The van der Waals surface area contributed by atoms with E-state index in [0.717, 1.165) is 11.3 Å². The largest absolute Gasteiger partial charge is 0.481 e. The summed E-state index contributed by atoms with van der Waals surface area (Å²) in [5.74, 6) is -0.927. The van der Waals surface area contributed by atoms with E-state index in [1.165, 1.54) is 7.05 Å². The van der Waals surface area contributed by atoms with Gasteiger partial charge in [0, 0.05) is 20.1 Å². The molecule has 5 nitrogen and oxygen atoms in total. The van der Waals surface area contributed by atoms with Crippen molar-refractivity contribution < 1.29 is 27.9 Å². The lowest BCUT2D eigenvalue weighted by Gasteiger charge is -2.41. The van der Waals surface area contributed by atoms with E-state index < -0.39 is 36.6 Å². The summed E-state index contributed by atoms with van der Waals surface area (Å²) in [6, 6.07) is -0.606. The van der Waals surface area contributed by atoms with E-state index in [0.29, 0.717) is 12.8 Å². The molecule has 1 aliphatic carbocycles. The molecule has 0 heterocycles. The number of nitrogens with one attached hydrogen (secondary N) is 1. The molecule has 0 radical (unpaired) electrons. The molecule has 0 spiro atoms. The second-order valence-electron chi connectivity index (χ2n) is 5.37. The van der Waals surface area contributed by atoms with Gasteiger partial charge in [-0.3, -0.25) is 4.79 Å². The molecule has 0 atom stereocenters. The molecule has 2 N–H and O–H groups in total. The second-order valence-corrected chi connectivity index (χ2v) is 5.37. The van der Waals surface area contributed by atoms with Gasteiger partial charge in [-0.2, -0.15) is 13.2 Å². The molecule has 1 fully saturated rings. The maximum Gasteiger partial charge on any atom is 0.390 e. The fourth-order valence-corrected chi connectivity index (χ4v) is 2.21. The molecular formula is C12H19F3N2O3. The lowest BCUT2D eigenvalue weighted by Crippen LogP contribution is -2.47. The van der Waals surface area contributed by atoms with Crippen LogP contribution in [0.5, 0.6) is 0 Å². The Bertz CT molecular complexity index is 367. The number of alkyl halides is 3. The number of carboxylic acid groups (broad SMARTS) is 1. The molecule has 0 unspecified atom stereocenters. The number of halogens is 3. The Morgan fingerprint density at radius 3 is 2.35 bits per heavy atom. The van der Waals surface area contributed by atoms with E-state index in [-0.39, 0.29) is 13.0 Å². The van der Waals surface area contributed by atoms with Gasteiger partial charge in [0.1, 0.15) is 0 Å². The van der Waals surface area contributed by atoms with E-state index in [1.807, 2.05) is 0 Å². The monoisotopic (exact) mass is 296 g/mol. The molecule has 2 amide bonds. The van der Waals surface area contributed by atoms with Gasteiger partial charge in [-0.1, -0.05) is 6.42 Å². The summed E-state index contributed by atoms with van der Waals surface area (Å²) in [6.07, 6.45) is -3.05. The van der Waals surface area contributed by atoms with Gasteiger partial charge in [-0.15, -0.1) is 0 Å². The Labute approximate surface area is 115 Å². The first-order valence-electron chi connectivity index (χ1n) is 6.41. The number of urea groups is 1. The minimum Gasteiger partial charge on any atom is -0.481 e. The van der Waals surface area contributed by atoms with Crippen molar-refractivity contribution in [3.8, 4) is 0 Å². The molecule has 0 bridgehead atoms. The van der Waals surface area contributed by atoms with Gasteiger partial charge in [-0.25, -0.2) is 4.79 Å². The second kappa shape index (κ2) is 6.32. The van der Waals surface area contributed by atoms with Crippen molar-refractivity contribution in [2.24, 2.45) is 5.41 Å². The van der Waals surface area contributed by atoms with Crippen LogP contribution < -0.4 is 5.32 Å². The topological polar surface area (TPSA) is 69.6 Å². The zero-order chi connectivity index (χ0) is 15.4. The van der Waals surface area contributed by atoms with Gasteiger partial charge in [0.05, 0.1) is 12.8 Å². The van der Waals surface area contributed by atoms with Crippen molar-refractivity contribution in [1.29, 1.82) is 0 Å². The van der Waals surface area contributed by atoms with Crippen LogP contribution in [0.15, 0.2) is 0 Å². The van der Waals surface area contributed by atoms with Gasteiger partial charge in [0.25, 0.3) is 0 Å². The number of hydrogen-bond donors (Lipinski definition) is 2. The van der Waals surface area contributed by atoms with Crippen LogP contribution in [0.1, 0.15) is 32.1 Å². The number of carbonyl (C=O) groups excluding carboxylic acids is 1. The van der Waals surface area contributed by atoms with Crippen molar-refractivity contribution in [1.82, 2.24) is 10.2 Å². The van der Waals surface area contributed by atoms with Gasteiger partial charge in [-0.05, 0) is 18.3 Å². The maximum absolute atomic E-state index is 12.0. The van der Waals surface area contributed by atoms with E-state index in [1.54, 1.807) is 0 Å². The Hall–Kier alpha value is -1.47. The molecule has 20 heavy (non-hydrogen) atoms. The molecule has 1 aliphatic rings. The van der Waals surface area contributed by atoms with Gasteiger partial charge >= 0.3 is 18.2 Å². The van der Waals surface area contributed by atoms with Crippen LogP contribution in [0.3, 0.4) is 0 Å². The lowest BCUT2D eigenvalue weighted by atomic mass is 9.66. The molecular weight excluding hydrogens is 277 g/mol. The molecule has 0 aromatic rings. The number of aliphatic carboxylic acids is 1. The number of rotatable bonds is 6. The summed E-state index contributed by atoms with van der Waals surface area (Å²) in [5.41, 5.74) is -0.438. The molecule has 116 valence electrons. The molecule has 8 heteroatoms. The van der Waals surface area contributed by atoms with E-state index in [9.17, 15) is 22.8 Å². The zero-order valence-corrected chi connectivity index (χ0v) is 11.3. The standard InChI is InChI=1S/C12H19F3N2O3/c1-17(6-5-12(13,14)15)10(20)16-8-11(3-2-4-11)7-9(18)19/h2-8H2,1H3,(H,16,20)(H,18,19). The number of carbonyl (C=O) groups is 2. The zero-order valence-electron chi connectivity index (χ0n) is 11.3. The van der Waals surface area contributed by atoms with Crippen LogP contribution in [0, 0.1) is 5.41 Å². The Morgan fingerprint density at radius 1 is 1.35 bits per heavy atom. The maximum atomic E-state index is 12.0. The first-order valence-corrected chi connectivity index (χ1v) is 6.41. The van der Waals surface area contributed by atoms with Crippen molar-refractivity contribution in [2.75, 3.05) is 20.1 Å². The van der Waals surface area contributed by atoms with Crippen LogP contribution in [-0.4, -0.2) is 48.3 Å². The SMILES string of the molecule is CN(CCC(F)(F)F)C(=O)NCC1(CC(=O)O)CCC1. The summed E-state index contributed by atoms with van der Waals surface area (Å²) >= 11 is 0. The third-order valence-corrected chi connectivity index (χ3v) is 3.63. The molecule has 1 saturated carbocycles. The number of carboxylic acids is 1. The summed E-state index contributed by atoms with van der Waals surface area (Å²) in [7, 11) is 1.28. The van der Waals surface area contributed by atoms with Crippen LogP contribution in [0.2, 0.25) is 0 Å². The minimum atomic E-state index is -4.30. The fourth-order valence-electron chi connectivity index (χ4n) is 2.21. The average molecular weight is 296 g/mol. The molecule has 0 aromatic heterocycles. The first kappa shape index (κ1) is 16.6. The van der Waals surface area contributed by atoms with Crippen LogP contribution in [0.25, 0.3) is 0 Å². The third-order valence-electron chi connectivity index (χ3n) is 3.63. The van der Waals surface area contributed by atoms with Gasteiger partial charge in [0.15, 0.2) is 0 Å². The Morgan fingerprint density at radius 2 is 1.95 bits per heavy atom. The van der Waals surface area contributed by atoms with Crippen molar-refractivity contribution in [3.05, 3.63) is 0 Å². The van der Waals surface area contributed by atoms with E-state index in [2.05, 4.69) is 5.32 Å². The Kier molecular flexibility index (Phi) is 5.24. The van der Waals surface area contributed by atoms with Crippen molar-refractivity contribution >= 4 is 12.0 Å². The lowest BCUT2D eigenvalue weighted by molar-refractivity contribution is -0.141. The molecule has 0 aliphatic heterocycles. The highest BCUT2D eigenvalue weighted by Crippen LogP contribution is 2.43. The van der Waals surface area contributed by atoms with Crippen molar-refractivity contribution in [2.45, 2.75) is 38.3 Å².